The van der Waals surface area contributed by atoms with Crippen molar-refractivity contribution in [2.75, 3.05) is 10.6 Å². The number of nitrogen functional groups attached to an aromatic ring is 1. The number of para-hydroxylation sites is 1. The van der Waals surface area contributed by atoms with Crippen molar-refractivity contribution in [3.8, 4) is 0 Å². The first kappa shape index (κ1) is 14.5. The minimum Gasteiger partial charge on any atom is -0.399 e. The van der Waals surface area contributed by atoms with E-state index in [1.807, 2.05) is 43.3 Å². The van der Waals surface area contributed by atoms with Crippen LogP contribution in [0.3, 0.4) is 0 Å². The second-order valence-corrected chi connectivity index (χ2v) is 5.30. The molecule has 0 saturated heterocycles. The molecule has 0 spiro atoms. The van der Waals surface area contributed by atoms with Gasteiger partial charge in [0.25, 0.3) is 0 Å². The summed E-state index contributed by atoms with van der Waals surface area (Å²) in [5, 5.41) is 0. The fraction of sp³-hybridized carbons (Fsp3) is 0.176. The van der Waals surface area contributed by atoms with E-state index in [0.717, 1.165) is 17.3 Å². The van der Waals surface area contributed by atoms with Gasteiger partial charge in [0.1, 0.15) is 0 Å². The van der Waals surface area contributed by atoms with Crippen LogP contribution in [0.25, 0.3) is 6.08 Å². The zero-order chi connectivity index (χ0) is 15.9. The number of benzene rings is 2. The van der Waals surface area contributed by atoms with Gasteiger partial charge in [-0.2, -0.15) is 13.2 Å². The fourth-order valence-corrected chi connectivity index (χ4v) is 2.73. The number of fused-ring (bicyclic) bond motifs is 1. The van der Waals surface area contributed by atoms with Crippen LogP contribution in [0.2, 0.25) is 0 Å². The minimum atomic E-state index is -4.43. The van der Waals surface area contributed by atoms with Gasteiger partial charge < -0.3 is 10.6 Å². The first-order valence-electron chi connectivity index (χ1n) is 6.91. The van der Waals surface area contributed by atoms with E-state index in [1.54, 1.807) is 4.90 Å². The lowest BCUT2D eigenvalue weighted by Crippen LogP contribution is -2.31. The Hall–Kier alpha value is -2.43. The zero-order valence-corrected chi connectivity index (χ0v) is 11.9. The Balaban J connectivity index is 2.23. The van der Waals surface area contributed by atoms with Crippen molar-refractivity contribution in [1.82, 2.24) is 0 Å². The minimum absolute atomic E-state index is 0.0804. The molecule has 0 saturated carbocycles. The summed E-state index contributed by atoms with van der Waals surface area (Å²) in [4.78, 5) is 1.68. The molecule has 2 N–H and O–H groups in total. The molecule has 0 bridgehead atoms. The van der Waals surface area contributed by atoms with Crippen molar-refractivity contribution in [3.63, 3.8) is 0 Å². The topological polar surface area (TPSA) is 29.3 Å². The molecule has 0 aliphatic carbocycles. The molecular formula is C17H15F3N2. The summed E-state index contributed by atoms with van der Waals surface area (Å²) in [7, 11) is 0. The predicted molar refractivity (Wildman–Crippen MR) is 82.9 cm³/mol. The van der Waals surface area contributed by atoms with Crippen LogP contribution < -0.4 is 10.6 Å². The number of nitrogens with two attached hydrogens (primary N) is 1. The first-order valence-corrected chi connectivity index (χ1v) is 6.91. The van der Waals surface area contributed by atoms with Crippen LogP contribution >= 0.6 is 0 Å². The van der Waals surface area contributed by atoms with Gasteiger partial charge >= 0.3 is 6.18 Å². The Labute approximate surface area is 126 Å². The summed E-state index contributed by atoms with van der Waals surface area (Å²) >= 11 is 0. The average Bonchev–Trinajstić information content (AvgIpc) is 2.45. The number of hydrogen-bond acceptors (Lipinski definition) is 2. The number of alkyl halides is 3. The van der Waals surface area contributed by atoms with E-state index in [9.17, 15) is 13.2 Å². The van der Waals surface area contributed by atoms with Crippen molar-refractivity contribution in [2.24, 2.45) is 0 Å². The Morgan fingerprint density at radius 2 is 1.77 bits per heavy atom. The quantitative estimate of drug-likeness (QED) is 0.764. The van der Waals surface area contributed by atoms with Crippen LogP contribution in [0.15, 0.2) is 48.5 Å². The molecule has 0 radical (unpaired) electrons. The molecule has 2 aromatic carbocycles. The van der Waals surface area contributed by atoms with Crippen molar-refractivity contribution in [3.05, 3.63) is 59.7 Å². The smallest absolute Gasteiger partial charge is 0.399 e. The van der Waals surface area contributed by atoms with E-state index in [2.05, 4.69) is 0 Å². The Kier molecular flexibility index (Phi) is 3.35. The van der Waals surface area contributed by atoms with Crippen LogP contribution in [-0.2, 0) is 6.18 Å². The molecule has 0 amide bonds. The standard InChI is InChI=1S/C17H15F3N2/c1-11-6-7-12-4-2-3-5-15(12)22(11)16-10-13(21)8-9-14(16)17(18,19)20/h2-11H,21H2,1H3. The molecule has 2 aromatic rings. The molecule has 2 nitrogen and oxygen atoms in total. The van der Waals surface area contributed by atoms with Crippen LogP contribution in [-0.4, -0.2) is 6.04 Å². The van der Waals surface area contributed by atoms with Gasteiger partial charge in [0.05, 0.1) is 11.3 Å². The number of rotatable bonds is 1. The molecule has 0 fully saturated rings. The van der Waals surface area contributed by atoms with Gasteiger partial charge in [-0.1, -0.05) is 30.4 Å². The lowest BCUT2D eigenvalue weighted by molar-refractivity contribution is -0.137. The zero-order valence-electron chi connectivity index (χ0n) is 11.9. The van der Waals surface area contributed by atoms with Crippen molar-refractivity contribution >= 4 is 23.1 Å². The Morgan fingerprint density at radius 3 is 2.50 bits per heavy atom. The van der Waals surface area contributed by atoms with E-state index in [0.29, 0.717) is 5.69 Å². The Morgan fingerprint density at radius 1 is 1.05 bits per heavy atom. The summed E-state index contributed by atoms with van der Waals surface area (Å²) in [5.41, 5.74) is 7.07. The van der Waals surface area contributed by atoms with Gasteiger partial charge in [0.2, 0.25) is 0 Å². The van der Waals surface area contributed by atoms with Gasteiger partial charge in [-0.25, -0.2) is 0 Å². The van der Waals surface area contributed by atoms with E-state index in [-0.39, 0.29) is 11.7 Å². The fourth-order valence-electron chi connectivity index (χ4n) is 2.73. The molecule has 5 heteroatoms. The maximum atomic E-state index is 13.4. The summed E-state index contributed by atoms with van der Waals surface area (Å²) in [6.45, 7) is 1.86. The number of anilines is 3. The highest BCUT2D eigenvalue weighted by Gasteiger charge is 2.36. The van der Waals surface area contributed by atoms with Gasteiger partial charge in [-0.05, 0) is 36.8 Å². The highest BCUT2D eigenvalue weighted by atomic mass is 19.4. The summed E-state index contributed by atoms with van der Waals surface area (Å²) < 4.78 is 40.1. The van der Waals surface area contributed by atoms with Crippen molar-refractivity contribution < 1.29 is 13.2 Å². The largest absolute Gasteiger partial charge is 0.418 e. The molecule has 1 aliphatic heterocycles. The SMILES string of the molecule is CC1C=Cc2ccccc2N1c1cc(N)ccc1C(F)(F)F. The van der Waals surface area contributed by atoms with Crippen LogP contribution in [0.4, 0.5) is 30.2 Å². The van der Waals surface area contributed by atoms with E-state index in [1.165, 1.54) is 12.1 Å². The molecular weight excluding hydrogens is 289 g/mol. The third-order valence-corrected chi connectivity index (χ3v) is 3.74. The third kappa shape index (κ3) is 2.43. The second kappa shape index (κ2) is 5.09. The monoisotopic (exact) mass is 304 g/mol. The van der Waals surface area contributed by atoms with E-state index < -0.39 is 11.7 Å². The van der Waals surface area contributed by atoms with Gasteiger partial charge in [0, 0.05) is 17.4 Å². The van der Waals surface area contributed by atoms with Gasteiger partial charge in [-0.15, -0.1) is 0 Å². The number of hydrogen-bond donors (Lipinski definition) is 1. The lowest BCUT2D eigenvalue weighted by Gasteiger charge is -2.35. The van der Waals surface area contributed by atoms with Crippen LogP contribution in [0.1, 0.15) is 18.1 Å². The van der Waals surface area contributed by atoms with E-state index in [4.69, 9.17) is 5.73 Å². The summed E-state index contributed by atoms with van der Waals surface area (Å²) in [6.07, 6.45) is -0.624. The molecule has 0 aromatic heterocycles. The maximum Gasteiger partial charge on any atom is 0.418 e. The molecule has 1 atom stereocenters. The highest BCUT2D eigenvalue weighted by Crippen LogP contribution is 2.43. The first-order chi connectivity index (χ1) is 10.4. The maximum absolute atomic E-state index is 13.4. The normalized spacial score (nSPS) is 17.5. The molecule has 3 rings (SSSR count). The predicted octanol–water partition coefficient (Wildman–Crippen LogP) is 4.84. The van der Waals surface area contributed by atoms with Gasteiger partial charge in [-0.3, -0.25) is 0 Å². The van der Waals surface area contributed by atoms with Crippen LogP contribution in [0, 0.1) is 0 Å². The number of nitrogens with zero attached hydrogens (tertiary/aromatic N) is 1. The molecule has 1 aliphatic rings. The third-order valence-electron chi connectivity index (χ3n) is 3.74. The molecule has 1 unspecified atom stereocenters. The molecule has 22 heavy (non-hydrogen) atoms. The lowest BCUT2D eigenvalue weighted by atomic mass is 10.0. The average molecular weight is 304 g/mol. The Bertz CT molecular complexity index is 735. The summed E-state index contributed by atoms with van der Waals surface area (Å²) in [6, 6.07) is 10.9. The van der Waals surface area contributed by atoms with Crippen molar-refractivity contribution in [1.29, 1.82) is 0 Å². The van der Waals surface area contributed by atoms with Crippen molar-refractivity contribution in [2.45, 2.75) is 19.1 Å². The second-order valence-electron chi connectivity index (χ2n) is 5.30. The van der Waals surface area contributed by atoms with Gasteiger partial charge in [0.15, 0.2) is 0 Å². The summed E-state index contributed by atoms with van der Waals surface area (Å²) in [5.74, 6) is 0. The molecule has 114 valence electrons. The molecule has 1 heterocycles. The highest BCUT2D eigenvalue weighted by molar-refractivity contribution is 5.81. The number of halogens is 3. The van der Waals surface area contributed by atoms with E-state index >= 15 is 0 Å². The van der Waals surface area contributed by atoms with Crippen LogP contribution in [0.5, 0.6) is 0 Å².